The number of Topliss-reactive ketones (excluding diaryl/α,β-unsaturated/α-hetero) is 2. The van der Waals surface area contributed by atoms with E-state index in [1.807, 2.05) is 6.07 Å². The molecule has 2 rings (SSSR count). The van der Waals surface area contributed by atoms with Gasteiger partial charge in [0.15, 0.2) is 11.6 Å². The molecule has 138 valence electrons. The van der Waals surface area contributed by atoms with Gasteiger partial charge in [-0.1, -0.05) is 26.0 Å². The molecule has 0 heterocycles. The summed E-state index contributed by atoms with van der Waals surface area (Å²) in [4.78, 5) is 37.5. The predicted molar refractivity (Wildman–Crippen MR) is 95.6 cm³/mol. The van der Waals surface area contributed by atoms with E-state index in [4.69, 9.17) is 5.26 Å². The molecule has 0 amide bonds. The lowest BCUT2D eigenvalue weighted by molar-refractivity contribution is -0.147. The highest BCUT2D eigenvalue weighted by molar-refractivity contribution is 6.10. The second-order valence-corrected chi connectivity index (χ2v) is 6.46. The Bertz CT molecular complexity index is 895. The summed E-state index contributed by atoms with van der Waals surface area (Å²) < 4.78 is 13.2. The molecule has 0 bridgehead atoms. The van der Waals surface area contributed by atoms with Gasteiger partial charge in [0, 0.05) is 11.5 Å². The van der Waals surface area contributed by atoms with Gasteiger partial charge in [0.05, 0.1) is 17.6 Å². The van der Waals surface area contributed by atoms with Crippen LogP contribution in [-0.2, 0) is 9.59 Å². The third-order valence-electron chi connectivity index (χ3n) is 4.29. The fourth-order valence-corrected chi connectivity index (χ4v) is 2.84. The molecule has 5 nitrogen and oxygen atoms in total. The Hall–Kier alpha value is -3.33. The summed E-state index contributed by atoms with van der Waals surface area (Å²) in [6.45, 7) is 3.13. The molecule has 0 aliphatic heterocycles. The van der Waals surface area contributed by atoms with Crippen molar-refractivity contribution in [3.8, 4) is 6.07 Å². The summed E-state index contributed by atoms with van der Waals surface area (Å²) in [5.41, 5.74) is 0.757. The van der Waals surface area contributed by atoms with E-state index >= 15 is 0 Å². The van der Waals surface area contributed by atoms with Crippen LogP contribution in [-0.4, -0.2) is 22.6 Å². The van der Waals surface area contributed by atoms with Gasteiger partial charge in [-0.05, 0) is 42.0 Å². The van der Waals surface area contributed by atoms with Crippen LogP contribution in [0.2, 0.25) is 0 Å². The monoisotopic (exact) mass is 367 g/mol. The van der Waals surface area contributed by atoms with Crippen LogP contribution in [0.15, 0.2) is 48.5 Å². The number of hydrogen-bond donors (Lipinski definition) is 1. The molecule has 0 aliphatic rings. The van der Waals surface area contributed by atoms with Gasteiger partial charge in [0.2, 0.25) is 0 Å². The molecule has 0 radical (unpaired) electrons. The fraction of sp³-hybridized carbons (Fsp3) is 0.238. The zero-order valence-corrected chi connectivity index (χ0v) is 14.8. The van der Waals surface area contributed by atoms with Gasteiger partial charge in [-0.25, -0.2) is 4.39 Å². The number of carbonyl (C=O) groups excluding carboxylic acids is 2. The molecule has 2 unspecified atom stereocenters. The van der Waals surface area contributed by atoms with E-state index in [1.165, 1.54) is 36.4 Å². The van der Waals surface area contributed by atoms with Crippen LogP contribution in [0, 0.1) is 29.0 Å². The first-order valence-corrected chi connectivity index (χ1v) is 8.32. The van der Waals surface area contributed by atoms with Gasteiger partial charge >= 0.3 is 5.97 Å². The summed E-state index contributed by atoms with van der Waals surface area (Å²) in [7, 11) is 0. The first kappa shape index (κ1) is 20.0. The van der Waals surface area contributed by atoms with Crippen LogP contribution in [0.5, 0.6) is 0 Å². The Balaban J connectivity index is 2.60. The fourth-order valence-electron chi connectivity index (χ4n) is 2.84. The quantitative estimate of drug-likeness (QED) is 0.596. The number of hydrogen-bond acceptors (Lipinski definition) is 4. The first-order valence-electron chi connectivity index (χ1n) is 8.32. The number of carboxylic acids is 1. The molecule has 0 aromatic heterocycles. The maximum absolute atomic E-state index is 13.2. The molecule has 2 aromatic rings. The van der Waals surface area contributed by atoms with Crippen LogP contribution in [0.1, 0.15) is 41.3 Å². The lowest BCUT2D eigenvalue weighted by atomic mass is 9.76. The average molecular weight is 367 g/mol. The number of nitriles is 1. The van der Waals surface area contributed by atoms with E-state index in [2.05, 4.69) is 0 Å². The molecule has 1 N–H and O–H groups in total. The second-order valence-electron chi connectivity index (χ2n) is 6.46. The zero-order chi connectivity index (χ0) is 20.1. The number of aliphatic carboxylic acids is 1. The summed E-state index contributed by atoms with van der Waals surface area (Å²) in [5.74, 6) is -6.57. The maximum Gasteiger partial charge on any atom is 0.315 e. The number of nitrogens with zero attached hydrogens (tertiary/aromatic N) is 1. The number of benzene rings is 2. The van der Waals surface area contributed by atoms with E-state index < -0.39 is 41.1 Å². The van der Waals surface area contributed by atoms with Crippen molar-refractivity contribution < 1.29 is 23.9 Å². The van der Waals surface area contributed by atoms with E-state index in [0.717, 1.165) is 12.1 Å². The molecule has 0 spiro atoms. The largest absolute Gasteiger partial charge is 0.481 e. The molecule has 0 saturated heterocycles. The van der Waals surface area contributed by atoms with Gasteiger partial charge in [-0.3, -0.25) is 14.4 Å². The van der Waals surface area contributed by atoms with Crippen molar-refractivity contribution in [1.29, 1.82) is 5.26 Å². The van der Waals surface area contributed by atoms with Gasteiger partial charge in [0.25, 0.3) is 0 Å². The minimum absolute atomic E-state index is 0.105. The van der Waals surface area contributed by atoms with Crippen LogP contribution >= 0.6 is 0 Å². The van der Waals surface area contributed by atoms with Crippen LogP contribution < -0.4 is 0 Å². The van der Waals surface area contributed by atoms with Crippen molar-refractivity contribution in [2.75, 3.05) is 0 Å². The van der Waals surface area contributed by atoms with Gasteiger partial charge in [-0.2, -0.15) is 5.26 Å². The highest BCUT2D eigenvalue weighted by Crippen LogP contribution is 2.32. The third-order valence-corrected chi connectivity index (χ3v) is 4.29. The van der Waals surface area contributed by atoms with Crippen molar-refractivity contribution >= 4 is 17.5 Å². The van der Waals surface area contributed by atoms with Crippen molar-refractivity contribution in [3.05, 3.63) is 71.0 Å². The SMILES string of the molecule is CC(C)C(=O)C(C(=O)O)C(C(=O)c1ccc(F)cc1)c1ccc(C#N)cc1. The zero-order valence-electron chi connectivity index (χ0n) is 14.8. The molecule has 0 saturated carbocycles. The molecule has 2 aromatic carbocycles. The van der Waals surface area contributed by atoms with Crippen LogP contribution in [0.4, 0.5) is 4.39 Å². The average Bonchev–Trinajstić information content (AvgIpc) is 2.65. The topological polar surface area (TPSA) is 95.2 Å². The van der Waals surface area contributed by atoms with E-state index in [1.54, 1.807) is 13.8 Å². The lowest BCUT2D eigenvalue weighted by Crippen LogP contribution is -2.36. The summed E-state index contributed by atoms with van der Waals surface area (Å²) in [6.07, 6.45) is 0. The molecule has 6 heteroatoms. The molecule has 0 fully saturated rings. The Kier molecular flexibility index (Phi) is 6.19. The maximum atomic E-state index is 13.2. The Labute approximate surface area is 156 Å². The Morgan fingerprint density at radius 1 is 1.00 bits per heavy atom. The van der Waals surface area contributed by atoms with Crippen molar-refractivity contribution in [2.24, 2.45) is 11.8 Å². The van der Waals surface area contributed by atoms with Gasteiger partial charge in [0.1, 0.15) is 11.7 Å². The minimum Gasteiger partial charge on any atom is -0.481 e. The van der Waals surface area contributed by atoms with Crippen molar-refractivity contribution in [1.82, 2.24) is 0 Å². The standard InChI is InChI=1S/C21H18FNO4/c1-12(2)19(24)18(21(26)27)17(14-5-3-13(11-23)4-6-14)20(25)15-7-9-16(22)10-8-15/h3-10,12,17-18H,1-2H3,(H,26,27). The second kappa shape index (κ2) is 8.37. The lowest BCUT2D eigenvalue weighted by Gasteiger charge is -2.24. The van der Waals surface area contributed by atoms with Crippen LogP contribution in [0.25, 0.3) is 0 Å². The van der Waals surface area contributed by atoms with E-state index in [-0.39, 0.29) is 5.56 Å². The highest BCUT2D eigenvalue weighted by Gasteiger charge is 2.41. The number of rotatable bonds is 7. The molecule has 0 aliphatic carbocycles. The summed E-state index contributed by atoms with van der Waals surface area (Å²) >= 11 is 0. The minimum atomic E-state index is -1.59. The highest BCUT2D eigenvalue weighted by atomic mass is 19.1. The third kappa shape index (κ3) is 4.45. The van der Waals surface area contributed by atoms with Gasteiger partial charge in [-0.15, -0.1) is 0 Å². The summed E-state index contributed by atoms with van der Waals surface area (Å²) in [6, 6.07) is 12.5. The first-order chi connectivity index (χ1) is 12.8. The smallest absolute Gasteiger partial charge is 0.315 e. The normalized spacial score (nSPS) is 12.9. The number of halogens is 1. The molecular formula is C21H18FNO4. The Morgan fingerprint density at radius 2 is 1.56 bits per heavy atom. The summed E-state index contributed by atoms with van der Waals surface area (Å²) in [5, 5.41) is 18.6. The van der Waals surface area contributed by atoms with Gasteiger partial charge < -0.3 is 5.11 Å². The van der Waals surface area contributed by atoms with Crippen molar-refractivity contribution in [3.63, 3.8) is 0 Å². The van der Waals surface area contributed by atoms with E-state index in [9.17, 15) is 23.9 Å². The Morgan fingerprint density at radius 3 is 2.00 bits per heavy atom. The molecule has 27 heavy (non-hydrogen) atoms. The predicted octanol–water partition coefficient (Wildman–Crippen LogP) is 3.59. The van der Waals surface area contributed by atoms with Crippen molar-refractivity contribution in [2.45, 2.75) is 19.8 Å². The van der Waals surface area contributed by atoms with Crippen LogP contribution in [0.3, 0.4) is 0 Å². The molecular weight excluding hydrogens is 349 g/mol. The number of carbonyl (C=O) groups is 3. The number of carboxylic acid groups (broad SMARTS) is 1. The number of ketones is 2. The van der Waals surface area contributed by atoms with E-state index in [0.29, 0.717) is 11.1 Å². The molecule has 2 atom stereocenters.